The third kappa shape index (κ3) is 5.72. The van der Waals surface area contributed by atoms with Crippen molar-refractivity contribution >= 4 is 17.3 Å². The molecular weight excluding hydrogens is 249 g/mol. The summed E-state index contributed by atoms with van der Waals surface area (Å²) in [5.74, 6) is -0.366. The molecule has 1 nitrogen and oxygen atoms in total. The first-order valence-corrected chi connectivity index (χ1v) is 7.23. The summed E-state index contributed by atoms with van der Waals surface area (Å²) in [7, 11) is 0. The summed E-state index contributed by atoms with van der Waals surface area (Å²) in [5, 5.41) is 3.53. The Kier molecular flexibility index (Phi) is 7.11. The minimum atomic E-state index is -0.366. The van der Waals surface area contributed by atoms with Gasteiger partial charge in [-0.15, -0.1) is 0 Å². The van der Waals surface area contributed by atoms with Crippen LogP contribution in [0.15, 0.2) is 18.2 Å². The molecule has 0 bridgehead atoms. The molecule has 3 heteroatoms. The number of hydrogen-bond donors (Lipinski definition) is 1. The van der Waals surface area contributed by atoms with E-state index in [4.69, 9.17) is 11.6 Å². The van der Waals surface area contributed by atoms with Crippen LogP contribution < -0.4 is 5.32 Å². The summed E-state index contributed by atoms with van der Waals surface area (Å²) < 4.78 is 13.0. The number of anilines is 1. The molecule has 0 aliphatic rings. The fourth-order valence-electron chi connectivity index (χ4n) is 2.00. The Balaban J connectivity index is 2.26. The van der Waals surface area contributed by atoms with Gasteiger partial charge < -0.3 is 5.32 Å². The summed E-state index contributed by atoms with van der Waals surface area (Å²) in [5.41, 5.74) is 0.891. The standard InChI is InChI=1S/C15H23ClFN/c1-3-4-5-6-7-8-12(2)18-13-9-10-15(17)14(16)11-13/h9-12,18H,3-8H2,1-2H3. The Morgan fingerprint density at radius 1 is 1.22 bits per heavy atom. The summed E-state index contributed by atoms with van der Waals surface area (Å²) in [6.45, 7) is 4.37. The average Bonchev–Trinajstić information content (AvgIpc) is 2.34. The van der Waals surface area contributed by atoms with E-state index < -0.39 is 0 Å². The van der Waals surface area contributed by atoms with E-state index in [1.807, 2.05) is 0 Å². The van der Waals surface area contributed by atoms with Crippen LogP contribution >= 0.6 is 11.6 Å². The second kappa shape index (κ2) is 8.36. The van der Waals surface area contributed by atoms with Gasteiger partial charge in [-0.3, -0.25) is 0 Å². The van der Waals surface area contributed by atoms with Crippen molar-refractivity contribution in [3.05, 3.63) is 29.0 Å². The number of rotatable bonds is 8. The maximum Gasteiger partial charge on any atom is 0.141 e. The van der Waals surface area contributed by atoms with Crippen LogP contribution in [0.25, 0.3) is 0 Å². The van der Waals surface area contributed by atoms with E-state index in [1.54, 1.807) is 12.1 Å². The van der Waals surface area contributed by atoms with Crippen LogP contribution in [0, 0.1) is 5.82 Å². The molecule has 0 radical (unpaired) electrons. The number of unbranched alkanes of at least 4 members (excludes halogenated alkanes) is 4. The molecule has 0 heterocycles. The number of benzene rings is 1. The Morgan fingerprint density at radius 3 is 2.61 bits per heavy atom. The molecule has 102 valence electrons. The maximum absolute atomic E-state index is 13.0. The Hall–Kier alpha value is -0.760. The molecule has 1 atom stereocenters. The smallest absolute Gasteiger partial charge is 0.141 e. The van der Waals surface area contributed by atoms with Gasteiger partial charge in [0, 0.05) is 11.7 Å². The minimum absolute atomic E-state index is 0.176. The van der Waals surface area contributed by atoms with Gasteiger partial charge in [0.05, 0.1) is 5.02 Å². The lowest BCUT2D eigenvalue weighted by molar-refractivity contribution is 0.578. The number of halogens is 2. The van der Waals surface area contributed by atoms with Gasteiger partial charge in [0.1, 0.15) is 5.82 Å². The highest BCUT2D eigenvalue weighted by molar-refractivity contribution is 6.31. The highest BCUT2D eigenvalue weighted by atomic mass is 35.5. The van der Waals surface area contributed by atoms with Crippen LogP contribution in [0.4, 0.5) is 10.1 Å². The third-order valence-electron chi connectivity index (χ3n) is 3.07. The van der Waals surface area contributed by atoms with E-state index in [0.717, 1.165) is 12.1 Å². The van der Waals surface area contributed by atoms with E-state index >= 15 is 0 Å². The van der Waals surface area contributed by atoms with Crippen LogP contribution in [0.5, 0.6) is 0 Å². The molecule has 18 heavy (non-hydrogen) atoms. The van der Waals surface area contributed by atoms with E-state index in [-0.39, 0.29) is 10.8 Å². The summed E-state index contributed by atoms with van der Waals surface area (Å²) in [6.07, 6.45) is 7.61. The van der Waals surface area contributed by atoms with Crippen LogP contribution in [-0.2, 0) is 0 Å². The molecule has 0 aromatic heterocycles. The largest absolute Gasteiger partial charge is 0.383 e. The summed E-state index contributed by atoms with van der Waals surface area (Å²) >= 11 is 5.74. The lowest BCUT2D eigenvalue weighted by atomic mass is 10.1. The van der Waals surface area contributed by atoms with Gasteiger partial charge in [-0.2, -0.15) is 0 Å². The predicted octanol–water partition coefficient (Wildman–Crippen LogP) is 5.64. The lowest BCUT2D eigenvalue weighted by Gasteiger charge is -2.15. The normalized spacial score (nSPS) is 12.4. The highest BCUT2D eigenvalue weighted by Crippen LogP contribution is 2.20. The van der Waals surface area contributed by atoms with Gasteiger partial charge in [0.2, 0.25) is 0 Å². The Morgan fingerprint density at radius 2 is 1.94 bits per heavy atom. The third-order valence-corrected chi connectivity index (χ3v) is 3.36. The van der Waals surface area contributed by atoms with E-state index in [2.05, 4.69) is 19.2 Å². The molecule has 1 rings (SSSR count). The highest BCUT2D eigenvalue weighted by Gasteiger charge is 2.04. The van der Waals surface area contributed by atoms with Crippen molar-refractivity contribution < 1.29 is 4.39 Å². The number of hydrogen-bond acceptors (Lipinski definition) is 1. The summed E-state index contributed by atoms with van der Waals surface area (Å²) in [6, 6.07) is 5.17. The second-order valence-corrected chi connectivity index (χ2v) is 5.28. The van der Waals surface area contributed by atoms with Crippen molar-refractivity contribution in [2.45, 2.75) is 58.4 Å². The molecule has 0 aliphatic carbocycles. The zero-order valence-electron chi connectivity index (χ0n) is 11.3. The molecule has 0 fully saturated rings. The Labute approximate surface area is 115 Å². The van der Waals surface area contributed by atoms with Crippen LogP contribution in [0.3, 0.4) is 0 Å². The second-order valence-electron chi connectivity index (χ2n) is 4.88. The molecule has 1 aromatic carbocycles. The number of nitrogens with one attached hydrogen (secondary N) is 1. The average molecular weight is 272 g/mol. The van der Waals surface area contributed by atoms with Crippen LogP contribution in [-0.4, -0.2) is 6.04 Å². The SMILES string of the molecule is CCCCCCCC(C)Nc1ccc(F)c(Cl)c1. The van der Waals surface area contributed by atoms with Gasteiger partial charge in [-0.05, 0) is 31.5 Å². The fraction of sp³-hybridized carbons (Fsp3) is 0.600. The van der Waals surface area contributed by atoms with E-state index in [1.165, 1.54) is 38.2 Å². The minimum Gasteiger partial charge on any atom is -0.383 e. The maximum atomic E-state index is 13.0. The quantitative estimate of drug-likeness (QED) is 0.603. The lowest BCUT2D eigenvalue weighted by Crippen LogP contribution is -2.14. The fourth-order valence-corrected chi connectivity index (χ4v) is 2.18. The molecule has 0 aliphatic heterocycles. The van der Waals surface area contributed by atoms with Crippen molar-refractivity contribution in [2.75, 3.05) is 5.32 Å². The Bertz CT molecular complexity index is 354. The first-order valence-electron chi connectivity index (χ1n) is 6.85. The van der Waals surface area contributed by atoms with Crippen molar-refractivity contribution in [3.8, 4) is 0 Å². The first-order chi connectivity index (χ1) is 8.63. The molecule has 1 aromatic rings. The van der Waals surface area contributed by atoms with Crippen molar-refractivity contribution in [3.63, 3.8) is 0 Å². The molecule has 0 amide bonds. The predicted molar refractivity (Wildman–Crippen MR) is 77.9 cm³/mol. The molecule has 1 unspecified atom stereocenters. The molecule has 1 N–H and O–H groups in total. The first kappa shape index (κ1) is 15.3. The van der Waals surface area contributed by atoms with Gasteiger partial charge in [-0.25, -0.2) is 4.39 Å². The van der Waals surface area contributed by atoms with Gasteiger partial charge in [0.25, 0.3) is 0 Å². The van der Waals surface area contributed by atoms with Crippen molar-refractivity contribution in [2.24, 2.45) is 0 Å². The van der Waals surface area contributed by atoms with Gasteiger partial charge in [-0.1, -0.05) is 50.6 Å². The van der Waals surface area contributed by atoms with Gasteiger partial charge >= 0.3 is 0 Å². The van der Waals surface area contributed by atoms with Crippen LogP contribution in [0.1, 0.15) is 52.4 Å². The summed E-state index contributed by atoms with van der Waals surface area (Å²) in [4.78, 5) is 0. The van der Waals surface area contributed by atoms with E-state index in [9.17, 15) is 4.39 Å². The van der Waals surface area contributed by atoms with E-state index in [0.29, 0.717) is 6.04 Å². The zero-order chi connectivity index (χ0) is 13.4. The zero-order valence-corrected chi connectivity index (χ0v) is 12.1. The van der Waals surface area contributed by atoms with Crippen molar-refractivity contribution in [1.82, 2.24) is 0 Å². The molecule has 0 saturated heterocycles. The topological polar surface area (TPSA) is 12.0 Å². The van der Waals surface area contributed by atoms with Crippen molar-refractivity contribution in [1.29, 1.82) is 0 Å². The monoisotopic (exact) mass is 271 g/mol. The molecule has 0 spiro atoms. The molecular formula is C15H23ClFN. The van der Waals surface area contributed by atoms with Gasteiger partial charge in [0.15, 0.2) is 0 Å². The molecule has 0 saturated carbocycles. The van der Waals surface area contributed by atoms with Crippen LogP contribution in [0.2, 0.25) is 5.02 Å².